The van der Waals surface area contributed by atoms with Crippen LogP contribution >= 0.6 is 0 Å². The lowest BCUT2D eigenvalue weighted by molar-refractivity contribution is 0.173. The van der Waals surface area contributed by atoms with Crippen molar-refractivity contribution in [2.24, 2.45) is 5.92 Å². The zero-order valence-electron chi connectivity index (χ0n) is 11.9. The second-order valence-corrected chi connectivity index (χ2v) is 5.36. The van der Waals surface area contributed by atoms with Crippen molar-refractivity contribution in [3.05, 3.63) is 35.9 Å². The molecule has 18 heavy (non-hydrogen) atoms. The van der Waals surface area contributed by atoms with E-state index in [2.05, 4.69) is 43.4 Å². The Balaban J connectivity index is 2.51. The second-order valence-electron chi connectivity index (χ2n) is 5.36. The predicted octanol–water partition coefficient (Wildman–Crippen LogP) is 3.18. The van der Waals surface area contributed by atoms with Crippen LogP contribution in [0.2, 0.25) is 0 Å². The highest BCUT2D eigenvalue weighted by molar-refractivity contribution is 5.20. The molecule has 0 saturated carbocycles. The standard InChI is InChI=1S/C16H27NO/c1-4-13(2)11-17-12-16(10-14(3)18)15-8-6-5-7-9-15/h5-9,13-14,16-18H,4,10-12H2,1-3H3. The van der Waals surface area contributed by atoms with Gasteiger partial charge in [-0.1, -0.05) is 50.6 Å². The molecule has 0 aliphatic carbocycles. The van der Waals surface area contributed by atoms with Gasteiger partial charge in [0, 0.05) is 6.54 Å². The van der Waals surface area contributed by atoms with E-state index in [1.807, 2.05) is 13.0 Å². The average molecular weight is 249 g/mol. The first-order chi connectivity index (χ1) is 8.63. The minimum Gasteiger partial charge on any atom is -0.393 e. The first kappa shape index (κ1) is 15.2. The van der Waals surface area contributed by atoms with Gasteiger partial charge in [0.1, 0.15) is 0 Å². The average Bonchev–Trinajstić information content (AvgIpc) is 2.38. The van der Waals surface area contributed by atoms with Gasteiger partial charge in [-0.15, -0.1) is 0 Å². The Bertz CT molecular complexity index is 310. The van der Waals surface area contributed by atoms with Gasteiger partial charge in [0.25, 0.3) is 0 Å². The molecule has 0 amide bonds. The molecule has 2 nitrogen and oxygen atoms in total. The molecule has 3 atom stereocenters. The maximum atomic E-state index is 9.61. The van der Waals surface area contributed by atoms with E-state index in [4.69, 9.17) is 0 Å². The molecule has 1 rings (SSSR count). The Morgan fingerprint density at radius 2 is 1.78 bits per heavy atom. The molecule has 0 saturated heterocycles. The molecule has 1 aromatic carbocycles. The summed E-state index contributed by atoms with van der Waals surface area (Å²) in [5.41, 5.74) is 1.31. The molecular weight excluding hydrogens is 222 g/mol. The van der Waals surface area contributed by atoms with Gasteiger partial charge in [-0.2, -0.15) is 0 Å². The van der Waals surface area contributed by atoms with Crippen LogP contribution in [0.1, 0.15) is 45.1 Å². The normalized spacial score (nSPS) is 16.2. The molecule has 0 aliphatic heterocycles. The number of aliphatic hydroxyl groups excluding tert-OH is 1. The summed E-state index contributed by atoms with van der Waals surface area (Å²) in [6.07, 6.45) is 1.78. The van der Waals surface area contributed by atoms with E-state index < -0.39 is 0 Å². The Morgan fingerprint density at radius 3 is 2.33 bits per heavy atom. The van der Waals surface area contributed by atoms with Crippen LogP contribution in [-0.4, -0.2) is 24.3 Å². The smallest absolute Gasteiger partial charge is 0.0518 e. The summed E-state index contributed by atoms with van der Waals surface area (Å²) in [6, 6.07) is 10.5. The van der Waals surface area contributed by atoms with Gasteiger partial charge in [-0.05, 0) is 37.3 Å². The lowest BCUT2D eigenvalue weighted by Crippen LogP contribution is -2.27. The van der Waals surface area contributed by atoms with Crippen molar-refractivity contribution in [2.45, 2.75) is 45.6 Å². The van der Waals surface area contributed by atoms with Crippen molar-refractivity contribution < 1.29 is 5.11 Å². The van der Waals surface area contributed by atoms with Gasteiger partial charge in [0.15, 0.2) is 0 Å². The summed E-state index contributed by atoms with van der Waals surface area (Å²) in [7, 11) is 0. The van der Waals surface area contributed by atoms with E-state index in [1.54, 1.807) is 0 Å². The number of rotatable bonds is 8. The van der Waals surface area contributed by atoms with E-state index in [0.717, 1.165) is 19.5 Å². The number of aliphatic hydroxyl groups is 1. The Morgan fingerprint density at radius 1 is 1.11 bits per heavy atom. The fraction of sp³-hybridized carbons (Fsp3) is 0.625. The minimum atomic E-state index is -0.249. The van der Waals surface area contributed by atoms with Crippen LogP contribution < -0.4 is 5.32 Å². The molecule has 0 aromatic heterocycles. The Hall–Kier alpha value is -0.860. The van der Waals surface area contributed by atoms with Crippen molar-refractivity contribution in [1.82, 2.24) is 5.32 Å². The molecular formula is C16H27NO. The van der Waals surface area contributed by atoms with Crippen LogP contribution in [0.4, 0.5) is 0 Å². The van der Waals surface area contributed by atoms with Gasteiger partial charge in [-0.25, -0.2) is 0 Å². The zero-order chi connectivity index (χ0) is 13.4. The van der Waals surface area contributed by atoms with Crippen LogP contribution in [0.25, 0.3) is 0 Å². The van der Waals surface area contributed by atoms with E-state index in [9.17, 15) is 5.11 Å². The molecule has 0 bridgehead atoms. The molecule has 1 aromatic rings. The second kappa shape index (κ2) is 8.28. The summed E-state index contributed by atoms with van der Waals surface area (Å²) < 4.78 is 0. The summed E-state index contributed by atoms with van der Waals surface area (Å²) in [4.78, 5) is 0. The fourth-order valence-electron chi connectivity index (χ4n) is 2.12. The molecule has 102 valence electrons. The first-order valence-electron chi connectivity index (χ1n) is 7.07. The van der Waals surface area contributed by atoms with Gasteiger partial charge in [-0.3, -0.25) is 0 Å². The third-order valence-corrected chi connectivity index (χ3v) is 3.48. The van der Waals surface area contributed by atoms with Crippen molar-refractivity contribution in [2.75, 3.05) is 13.1 Å². The van der Waals surface area contributed by atoms with Crippen molar-refractivity contribution in [3.63, 3.8) is 0 Å². The summed E-state index contributed by atoms with van der Waals surface area (Å²) in [5.74, 6) is 1.11. The minimum absolute atomic E-state index is 0.249. The number of hydrogen-bond acceptors (Lipinski definition) is 2. The van der Waals surface area contributed by atoms with Crippen LogP contribution in [0, 0.1) is 5.92 Å². The highest BCUT2D eigenvalue weighted by Crippen LogP contribution is 2.20. The molecule has 2 heteroatoms. The number of benzene rings is 1. The maximum Gasteiger partial charge on any atom is 0.0518 e. The van der Waals surface area contributed by atoms with Crippen LogP contribution in [-0.2, 0) is 0 Å². The highest BCUT2D eigenvalue weighted by atomic mass is 16.3. The van der Waals surface area contributed by atoms with Gasteiger partial charge in [0.05, 0.1) is 6.10 Å². The summed E-state index contributed by atoms with van der Waals surface area (Å²) in [6.45, 7) is 8.35. The van der Waals surface area contributed by atoms with E-state index in [1.165, 1.54) is 12.0 Å². The quantitative estimate of drug-likeness (QED) is 0.741. The summed E-state index contributed by atoms with van der Waals surface area (Å²) >= 11 is 0. The maximum absolute atomic E-state index is 9.61. The molecule has 0 aliphatic rings. The lowest BCUT2D eigenvalue weighted by atomic mass is 9.93. The lowest BCUT2D eigenvalue weighted by Gasteiger charge is -2.20. The molecule has 2 N–H and O–H groups in total. The van der Waals surface area contributed by atoms with Gasteiger partial charge in [0.2, 0.25) is 0 Å². The van der Waals surface area contributed by atoms with Crippen molar-refractivity contribution in [3.8, 4) is 0 Å². The molecule has 0 heterocycles. The van der Waals surface area contributed by atoms with Crippen LogP contribution in [0.3, 0.4) is 0 Å². The van der Waals surface area contributed by atoms with Crippen molar-refractivity contribution >= 4 is 0 Å². The van der Waals surface area contributed by atoms with Gasteiger partial charge >= 0.3 is 0 Å². The fourth-order valence-corrected chi connectivity index (χ4v) is 2.12. The Labute approximate surface area is 111 Å². The van der Waals surface area contributed by atoms with E-state index in [-0.39, 0.29) is 6.10 Å². The molecule has 3 unspecified atom stereocenters. The predicted molar refractivity (Wildman–Crippen MR) is 77.8 cm³/mol. The molecule has 0 fully saturated rings. The highest BCUT2D eigenvalue weighted by Gasteiger charge is 2.13. The summed E-state index contributed by atoms with van der Waals surface area (Å²) in [5, 5.41) is 13.1. The third-order valence-electron chi connectivity index (χ3n) is 3.48. The number of hydrogen-bond donors (Lipinski definition) is 2. The Kier molecular flexibility index (Phi) is 6.99. The van der Waals surface area contributed by atoms with Crippen LogP contribution in [0.15, 0.2) is 30.3 Å². The van der Waals surface area contributed by atoms with Gasteiger partial charge < -0.3 is 10.4 Å². The monoisotopic (exact) mass is 249 g/mol. The van der Waals surface area contributed by atoms with Crippen LogP contribution in [0.5, 0.6) is 0 Å². The largest absolute Gasteiger partial charge is 0.393 e. The molecule has 0 spiro atoms. The van der Waals surface area contributed by atoms with Crippen molar-refractivity contribution in [1.29, 1.82) is 0 Å². The first-order valence-corrected chi connectivity index (χ1v) is 7.07. The zero-order valence-corrected chi connectivity index (χ0v) is 11.9. The SMILES string of the molecule is CCC(C)CNCC(CC(C)O)c1ccccc1. The topological polar surface area (TPSA) is 32.3 Å². The molecule has 0 radical (unpaired) electrons. The number of nitrogens with one attached hydrogen (secondary N) is 1. The van der Waals surface area contributed by atoms with E-state index >= 15 is 0 Å². The third kappa shape index (κ3) is 5.65. The van der Waals surface area contributed by atoms with E-state index in [0.29, 0.717) is 11.8 Å².